The Balaban J connectivity index is 0.000000409. The summed E-state index contributed by atoms with van der Waals surface area (Å²) in [6, 6.07) is 27.6. The fourth-order valence-corrected chi connectivity index (χ4v) is 6.10. The van der Waals surface area contributed by atoms with Crippen molar-refractivity contribution in [2.75, 3.05) is 6.54 Å². The molecule has 4 nitrogen and oxygen atoms in total. The highest BCUT2D eigenvalue weighted by atomic mass is 32.2. The monoisotopic (exact) mass is 739 g/mol. The lowest BCUT2D eigenvalue weighted by Crippen LogP contribution is -2.24. The third-order valence-electron chi connectivity index (χ3n) is 7.97. The number of nitrogens with one attached hydrogen (secondary N) is 1. The highest BCUT2D eigenvalue weighted by Crippen LogP contribution is 2.21. The first kappa shape index (κ1) is 46.7. The van der Waals surface area contributed by atoms with Crippen LogP contribution in [0.4, 0.5) is 5.69 Å². The second kappa shape index (κ2) is 26.5. The van der Waals surface area contributed by atoms with Gasteiger partial charge in [-0.1, -0.05) is 137 Å². The van der Waals surface area contributed by atoms with E-state index in [9.17, 15) is 4.21 Å². The first-order chi connectivity index (χ1) is 25.8. The summed E-state index contributed by atoms with van der Waals surface area (Å²) in [4.78, 5) is 9.00. The van der Waals surface area contributed by atoms with Gasteiger partial charge in [0.1, 0.15) is 5.71 Å². The van der Waals surface area contributed by atoms with Crippen LogP contribution in [0.5, 0.6) is 0 Å². The third kappa shape index (κ3) is 19.0. The van der Waals surface area contributed by atoms with E-state index in [1.807, 2.05) is 75.4 Å². The van der Waals surface area contributed by atoms with Crippen LogP contribution in [0.25, 0.3) is 0 Å². The van der Waals surface area contributed by atoms with Gasteiger partial charge in [-0.05, 0) is 123 Å². The molecule has 0 radical (unpaired) electrons. The molecule has 3 aromatic carbocycles. The van der Waals surface area contributed by atoms with E-state index in [0.717, 1.165) is 41.7 Å². The Bertz CT molecular complexity index is 1930. The molecule has 0 bridgehead atoms. The summed E-state index contributed by atoms with van der Waals surface area (Å²) in [5.41, 5.74) is 8.02. The van der Waals surface area contributed by atoms with Gasteiger partial charge < -0.3 is 0 Å². The molecule has 3 aromatic rings. The molecule has 5 heteroatoms. The molecule has 0 amide bonds. The first-order valence-corrected chi connectivity index (χ1v) is 20.1. The minimum Gasteiger partial charge on any atom is -0.265 e. The fraction of sp³-hybridized carbons (Fsp3) is 0.245. The molecule has 0 aromatic heterocycles. The molecule has 1 aliphatic heterocycles. The minimum absolute atomic E-state index is 0.257. The van der Waals surface area contributed by atoms with Gasteiger partial charge in [0.25, 0.3) is 0 Å². The summed E-state index contributed by atoms with van der Waals surface area (Å²) in [5.74, 6) is 10.9. The third-order valence-corrected chi connectivity index (χ3v) is 9.67. The summed E-state index contributed by atoms with van der Waals surface area (Å²) in [6.45, 7) is 32.1. The van der Waals surface area contributed by atoms with E-state index in [1.165, 1.54) is 11.1 Å². The number of hydrogen-bond acceptors (Lipinski definition) is 3. The van der Waals surface area contributed by atoms with Gasteiger partial charge in [-0.3, -0.25) is 4.99 Å². The van der Waals surface area contributed by atoms with Crippen molar-refractivity contribution < 1.29 is 4.21 Å². The van der Waals surface area contributed by atoms with Crippen molar-refractivity contribution in [1.29, 1.82) is 0 Å². The van der Waals surface area contributed by atoms with E-state index in [2.05, 4.69) is 123 Å². The predicted molar refractivity (Wildman–Crippen MR) is 242 cm³/mol. The van der Waals surface area contributed by atoms with Crippen LogP contribution in [0.2, 0.25) is 0 Å². The van der Waals surface area contributed by atoms with Crippen LogP contribution in [0.15, 0.2) is 185 Å². The Morgan fingerprint density at radius 1 is 0.981 bits per heavy atom. The quantitative estimate of drug-likeness (QED) is 0.0957. The molecule has 4 rings (SSSR count). The fourth-order valence-electron chi connectivity index (χ4n) is 4.82. The van der Waals surface area contributed by atoms with Crippen molar-refractivity contribution in [3.63, 3.8) is 0 Å². The van der Waals surface area contributed by atoms with Crippen LogP contribution in [0.3, 0.4) is 0 Å². The van der Waals surface area contributed by atoms with Crippen LogP contribution in [0, 0.1) is 23.7 Å². The molecule has 1 aliphatic rings. The van der Waals surface area contributed by atoms with Gasteiger partial charge in [-0.15, -0.1) is 6.58 Å². The van der Waals surface area contributed by atoms with E-state index >= 15 is 0 Å². The molecule has 284 valence electrons. The standard InChI is InChI=1S/C22H21N.C13H18.C11H16N2OS.C3H6/c1-17(2)22-16-21(15-14-20-12-6-5-7-13-20)23-19(4)11-9-8-10-18(22)3;1-4-11(2)12(3)10-13-8-6-5-7-9-13;1-4-9-13-15(3,14)11-7-5-10(12-2)6-8-11;1-3-2/h5-13,16,18H,1,4H2,2-3H3;5-9,12H,2,4,10H2,1,3H3;5-8H,2-4,9H2,1H3,(H,13,14);3H,1H2,2H3/b10-8-,11-9-,22-16-,23-21?;;;. The maximum Gasteiger partial charge on any atom is 0.114 e. The molecule has 0 aliphatic carbocycles. The zero-order valence-electron chi connectivity index (χ0n) is 33.5. The van der Waals surface area contributed by atoms with E-state index < -0.39 is 9.71 Å². The Kier molecular flexibility index (Phi) is 22.9. The van der Waals surface area contributed by atoms with E-state index in [0.29, 0.717) is 28.8 Å². The maximum absolute atomic E-state index is 12.1. The van der Waals surface area contributed by atoms with Gasteiger partial charge in [-0.25, -0.2) is 13.9 Å². The van der Waals surface area contributed by atoms with Crippen molar-refractivity contribution in [3.05, 3.63) is 181 Å². The molecule has 0 fully saturated rings. The van der Waals surface area contributed by atoms with Crippen LogP contribution in [-0.4, -0.2) is 29.1 Å². The molecule has 0 saturated carbocycles. The lowest BCUT2D eigenvalue weighted by molar-refractivity contribution is 0.656. The lowest BCUT2D eigenvalue weighted by Gasteiger charge is -2.12. The topological polar surface area (TPSA) is 53.8 Å². The zero-order chi connectivity index (χ0) is 40.4. The minimum atomic E-state index is -2.36. The molecular weight excluding hydrogens is 679 g/mol. The smallest absolute Gasteiger partial charge is 0.114 e. The summed E-state index contributed by atoms with van der Waals surface area (Å²) in [7, 11) is -2.36. The van der Waals surface area contributed by atoms with E-state index in [4.69, 9.17) is 0 Å². The van der Waals surface area contributed by atoms with Crippen molar-refractivity contribution in [2.24, 2.45) is 21.8 Å². The maximum atomic E-state index is 12.1. The van der Waals surface area contributed by atoms with Gasteiger partial charge in [0, 0.05) is 17.0 Å². The van der Waals surface area contributed by atoms with Crippen molar-refractivity contribution >= 4 is 33.7 Å². The predicted octanol–water partition coefficient (Wildman–Crippen LogP) is 12.3. The van der Waals surface area contributed by atoms with Gasteiger partial charge in [0.05, 0.1) is 21.1 Å². The van der Waals surface area contributed by atoms with Gasteiger partial charge in [-0.2, -0.15) is 0 Å². The van der Waals surface area contributed by atoms with Crippen LogP contribution >= 0.6 is 0 Å². The van der Waals surface area contributed by atoms with Crippen LogP contribution < -0.4 is 4.72 Å². The highest BCUT2D eigenvalue weighted by Gasteiger charge is 2.09. The number of aliphatic imine (C=N–C) groups is 2. The van der Waals surface area contributed by atoms with Crippen molar-refractivity contribution in [1.82, 2.24) is 4.72 Å². The number of hydrogen-bond donors (Lipinski definition) is 1. The van der Waals surface area contributed by atoms with Crippen LogP contribution in [-0.2, 0) is 16.1 Å². The average molecular weight is 740 g/mol. The van der Waals surface area contributed by atoms with Crippen molar-refractivity contribution in [2.45, 2.75) is 65.7 Å². The number of allylic oxidation sites excluding steroid dienone is 9. The summed E-state index contributed by atoms with van der Waals surface area (Å²) >= 11 is 0. The molecular formula is C49H61N3OS. The molecule has 0 spiro atoms. The normalized spacial score (nSPS) is 16.9. The lowest BCUT2D eigenvalue weighted by atomic mass is 9.93. The van der Waals surface area contributed by atoms with Gasteiger partial charge in [0.15, 0.2) is 0 Å². The Morgan fingerprint density at radius 2 is 1.57 bits per heavy atom. The second-order valence-corrected chi connectivity index (χ2v) is 14.9. The molecule has 1 N–H and O–H groups in total. The molecule has 0 saturated heterocycles. The Labute approximate surface area is 328 Å². The first-order valence-electron chi connectivity index (χ1n) is 18.4. The number of rotatable bonds is 10. The SMILES string of the molecule is C=C(CC)C(C)Cc1ccccc1.C=C1/C=C\C=C/C(C)/C(C(=C)C)=C\C(C#Cc2ccccc2)=N1.C=CC.C=Nc1ccc(S(=C)(=O)NCCC)cc1. The van der Waals surface area contributed by atoms with Gasteiger partial charge in [0.2, 0.25) is 0 Å². The largest absolute Gasteiger partial charge is 0.265 e. The average Bonchev–Trinajstić information content (AvgIpc) is 3.17. The molecule has 54 heavy (non-hydrogen) atoms. The zero-order valence-corrected chi connectivity index (χ0v) is 34.3. The highest BCUT2D eigenvalue weighted by molar-refractivity contribution is 7.98. The number of benzene rings is 3. The summed E-state index contributed by atoms with van der Waals surface area (Å²) < 4.78 is 15.0. The summed E-state index contributed by atoms with van der Waals surface area (Å²) in [5, 5.41) is 0. The Hall–Kier alpha value is -5.28. The molecule has 3 unspecified atom stereocenters. The molecule has 3 atom stereocenters. The van der Waals surface area contributed by atoms with E-state index in [-0.39, 0.29) is 5.92 Å². The van der Waals surface area contributed by atoms with Crippen molar-refractivity contribution in [3.8, 4) is 11.8 Å². The molecule has 1 heterocycles. The van der Waals surface area contributed by atoms with Gasteiger partial charge >= 0.3 is 0 Å². The second-order valence-electron chi connectivity index (χ2n) is 12.7. The van der Waals surface area contributed by atoms with Crippen LogP contribution in [0.1, 0.15) is 65.5 Å². The number of nitrogens with zero attached hydrogens (tertiary/aromatic N) is 2. The summed E-state index contributed by atoms with van der Waals surface area (Å²) in [6.07, 6.45) is 14.9. The van der Waals surface area contributed by atoms with E-state index in [1.54, 1.807) is 30.3 Å². The Morgan fingerprint density at radius 3 is 2.11 bits per heavy atom.